The van der Waals surface area contributed by atoms with Gasteiger partial charge in [-0.2, -0.15) is 0 Å². The van der Waals surface area contributed by atoms with Crippen LogP contribution in [0.2, 0.25) is 5.02 Å². The van der Waals surface area contributed by atoms with Gasteiger partial charge in [0.25, 0.3) is 0 Å². The normalized spacial score (nSPS) is 10.7. The lowest BCUT2D eigenvalue weighted by molar-refractivity contribution is 0.624. The van der Waals surface area contributed by atoms with Crippen molar-refractivity contribution in [3.8, 4) is 11.1 Å². The molecule has 1 nitrogen and oxygen atoms in total. The third-order valence-corrected chi connectivity index (χ3v) is 3.66. The van der Waals surface area contributed by atoms with Crippen LogP contribution in [0, 0.1) is 5.82 Å². The van der Waals surface area contributed by atoms with E-state index in [2.05, 4.69) is 21.2 Å². The molecule has 0 aliphatic heterocycles. The molecule has 0 aliphatic carbocycles. The third kappa shape index (κ3) is 2.74. The second kappa shape index (κ2) is 5.83. The highest BCUT2D eigenvalue weighted by Crippen LogP contribution is 2.30. The van der Waals surface area contributed by atoms with E-state index in [0.29, 0.717) is 21.6 Å². The van der Waals surface area contributed by atoms with Crippen LogP contribution in [-0.2, 0) is 6.54 Å². The van der Waals surface area contributed by atoms with Crippen molar-refractivity contribution < 1.29 is 4.39 Å². The molecular weight excluding hydrogens is 317 g/mol. The highest BCUT2D eigenvalue weighted by molar-refractivity contribution is 9.10. The number of hydrogen-bond acceptors (Lipinski definition) is 1. The van der Waals surface area contributed by atoms with Crippen LogP contribution in [0.3, 0.4) is 0 Å². The maximum absolute atomic E-state index is 14.0. The van der Waals surface area contributed by atoms with Crippen molar-refractivity contribution in [3.63, 3.8) is 0 Å². The lowest BCUT2D eigenvalue weighted by Crippen LogP contribution is -2.05. The van der Waals surface area contributed by atoms with E-state index in [0.717, 1.165) is 11.1 Å². The summed E-state index contributed by atoms with van der Waals surface area (Å²) in [4.78, 5) is 0. The number of benzene rings is 2. The van der Waals surface area contributed by atoms with Gasteiger partial charge < -0.3 is 5.32 Å². The minimum Gasteiger partial charge on any atom is -0.316 e. The summed E-state index contributed by atoms with van der Waals surface area (Å²) >= 11 is 9.28. The third-order valence-electron chi connectivity index (χ3n) is 2.68. The maximum Gasteiger partial charge on any atom is 0.145 e. The SMILES string of the molecule is CNCc1cc(-c2cccc(Br)c2F)ccc1Cl. The molecule has 0 atom stereocenters. The topological polar surface area (TPSA) is 12.0 Å². The summed E-state index contributed by atoms with van der Waals surface area (Å²) in [6.07, 6.45) is 0. The summed E-state index contributed by atoms with van der Waals surface area (Å²) in [5.41, 5.74) is 2.35. The molecule has 0 bridgehead atoms. The zero-order valence-electron chi connectivity index (χ0n) is 9.81. The predicted molar refractivity (Wildman–Crippen MR) is 77.3 cm³/mol. The number of rotatable bonds is 3. The molecule has 18 heavy (non-hydrogen) atoms. The van der Waals surface area contributed by atoms with Gasteiger partial charge in [0.05, 0.1) is 4.47 Å². The summed E-state index contributed by atoms with van der Waals surface area (Å²) in [5, 5.41) is 3.73. The molecule has 0 fully saturated rings. The molecule has 0 aliphatic rings. The fraction of sp³-hybridized carbons (Fsp3) is 0.143. The zero-order valence-corrected chi connectivity index (χ0v) is 12.1. The van der Waals surface area contributed by atoms with Crippen molar-refractivity contribution in [2.45, 2.75) is 6.54 Å². The Kier molecular flexibility index (Phi) is 4.38. The minimum absolute atomic E-state index is 0.254. The molecule has 2 aromatic rings. The van der Waals surface area contributed by atoms with Gasteiger partial charge in [-0.25, -0.2) is 4.39 Å². The molecule has 2 aromatic carbocycles. The Morgan fingerprint density at radius 1 is 1.28 bits per heavy atom. The first-order chi connectivity index (χ1) is 8.63. The average molecular weight is 329 g/mol. The van der Waals surface area contributed by atoms with Gasteiger partial charge in [-0.3, -0.25) is 0 Å². The molecule has 4 heteroatoms. The number of nitrogens with one attached hydrogen (secondary N) is 1. The van der Waals surface area contributed by atoms with E-state index < -0.39 is 0 Å². The molecule has 0 saturated carbocycles. The van der Waals surface area contributed by atoms with E-state index in [4.69, 9.17) is 11.6 Å². The fourth-order valence-electron chi connectivity index (χ4n) is 1.79. The van der Waals surface area contributed by atoms with Crippen molar-refractivity contribution in [3.05, 3.63) is 57.3 Å². The van der Waals surface area contributed by atoms with Crippen LogP contribution in [0.5, 0.6) is 0 Å². The fourth-order valence-corrected chi connectivity index (χ4v) is 2.35. The molecule has 0 heterocycles. The van der Waals surface area contributed by atoms with Crippen molar-refractivity contribution >= 4 is 27.5 Å². The summed E-state index contributed by atoms with van der Waals surface area (Å²) in [6, 6.07) is 10.8. The molecule has 94 valence electrons. The Balaban J connectivity index is 2.51. The van der Waals surface area contributed by atoms with E-state index in [-0.39, 0.29) is 5.82 Å². The molecule has 0 radical (unpaired) electrons. The van der Waals surface area contributed by atoms with Gasteiger partial charge in [-0.05, 0) is 52.3 Å². The molecule has 0 unspecified atom stereocenters. The number of hydrogen-bond donors (Lipinski definition) is 1. The summed E-state index contributed by atoms with van der Waals surface area (Å²) < 4.78 is 14.5. The second-order valence-electron chi connectivity index (χ2n) is 3.94. The van der Waals surface area contributed by atoms with Gasteiger partial charge in [0.15, 0.2) is 0 Å². The van der Waals surface area contributed by atoms with Crippen LogP contribution in [0.4, 0.5) is 4.39 Å². The van der Waals surface area contributed by atoms with Crippen LogP contribution in [0.15, 0.2) is 40.9 Å². The largest absolute Gasteiger partial charge is 0.316 e. The second-order valence-corrected chi connectivity index (χ2v) is 5.20. The Labute approximate surface area is 119 Å². The smallest absolute Gasteiger partial charge is 0.145 e. The van der Waals surface area contributed by atoms with E-state index in [1.165, 1.54) is 0 Å². The molecule has 2 rings (SSSR count). The molecule has 1 N–H and O–H groups in total. The van der Waals surface area contributed by atoms with Gasteiger partial charge in [0, 0.05) is 17.1 Å². The molecule has 0 spiro atoms. The first-order valence-corrected chi connectivity index (χ1v) is 6.68. The zero-order chi connectivity index (χ0) is 13.1. The summed E-state index contributed by atoms with van der Waals surface area (Å²) in [5.74, 6) is -0.254. The van der Waals surface area contributed by atoms with Crippen molar-refractivity contribution in [2.75, 3.05) is 7.05 Å². The van der Waals surface area contributed by atoms with Gasteiger partial charge >= 0.3 is 0 Å². The van der Waals surface area contributed by atoms with Crippen LogP contribution in [-0.4, -0.2) is 7.05 Å². The monoisotopic (exact) mass is 327 g/mol. The van der Waals surface area contributed by atoms with E-state index >= 15 is 0 Å². The highest BCUT2D eigenvalue weighted by Gasteiger charge is 2.09. The van der Waals surface area contributed by atoms with Crippen LogP contribution in [0.25, 0.3) is 11.1 Å². The van der Waals surface area contributed by atoms with Crippen molar-refractivity contribution in [1.29, 1.82) is 0 Å². The van der Waals surface area contributed by atoms with Gasteiger partial charge in [-0.15, -0.1) is 0 Å². The maximum atomic E-state index is 14.0. The standard InChI is InChI=1S/C14H12BrClFN/c1-18-8-10-7-9(5-6-13(10)16)11-3-2-4-12(15)14(11)17/h2-7,18H,8H2,1H3. The lowest BCUT2D eigenvalue weighted by atomic mass is 10.0. The van der Waals surface area contributed by atoms with Crippen molar-refractivity contribution in [2.24, 2.45) is 0 Å². The van der Waals surface area contributed by atoms with E-state index in [1.807, 2.05) is 25.2 Å². The van der Waals surface area contributed by atoms with Crippen molar-refractivity contribution in [1.82, 2.24) is 5.32 Å². The van der Waals surface area contributed by atoms with Gasteiger partial charge in [0.1, 0.15) is 5.82 Å². The van der Waals surface area contributed by atoms with Gasteiger partial charge in [0.2, 0.25) is 0 Å². The minimum atomic E-state index is -0.254. The molecule has 0 saturated heterocycles. The lowest BCUT2D eigenvalue weighted by Gasteiger charge is -2.09. The highest BCUT2D eigenvalue weighted by atomic mass is 79.9. The van der Waals surface area contributed by atoms with Gasteiger partial charge in [-0.1, -0.05) is 29.8 Å². The first-order valence-electron chi connectivity index (χ1n) is 5.51. The Morgan fingerprint density at radius 3 is 2.78 bits per heavy atom. The van der Waals surface area contributed by atoms with E-state index in [1.54, 1.807) is 18.2 Å². The molecule has 0 amide bonds. The number of halogens is 3. The quantitative estimate of drug-likeness (QED) is 0.866. The van der Waals surface area contributed by atoms with Crippen LogP contribution >= 0.6 is 27.5 Å². The predicted octanol–water partition coefficient (Wildman–Crippen LogP) is 4.63. The summed E-state index contributed by atoms with van der Waals surface area (Å²) in [7, 11) is 1.85. The van der Waals surface area contributed by atoms with Crippen LogP contribution < -0.4 is 5.32 Å². The Morgan fingerprint density at radius 2 is 2.06 bits per heavy atom. The molecular formula is C14H12BrClFN. The molecule has 0 aromatic heterocycles. The Hall–Kier alpha value is -0.900. The average Bonchev–Trinajstić information content (AvgIpc) is 2.36. The first kappa shape index (κ1) is 13.5. The van der Waals surface area contributed by atoms with Crippen LogP contribution in [0.1, 0.15) is 5.56 Å². The summed E-state index contributed by atoms with van der Waals surface area (Å²) in [6.45, 7) is 0.655. The van der Waals surface area contributed by atoms with E-state index in [9.17, 15) is 4.39 Å². The Bertz CT molecular complexity index is 572.